The molecule has 2 rings (SSSR count). The summed E-state index contributed by atoms with van der Waals surface area (Å²) in [5.41, 5.74) is 1.90. The van der Waals surface area contributed by atoms with E-state index in [4.69, 9.17) is 11.6 Å². The topological polar surface area (TPSA) is 24.9 Å². The third kappa shape index (κ3) is 2.97. The molecule has 0 spiro atoms. The first-order valence-electron chi connectivity index (χ1n) is 4.84. The van der Waals surface area contributed by atoms with E-state index in [0.717, 1.165) is 20.9 Å². The van der Waals surface area contributed by atoms with Gasteiger partial charge in [-0.2, -0.15) is 0 Å². The second kappa shape index (κ2) is 5.32. The average molecular weight is 298 g/mol. The van der Waals surface area contributed by atoms with Crippen molar-refractivity contribution in [1.29, 1.82) is 0 Å². The van der Waals surface area contributed by atoms with Gasteiger partial charge < -0.3 is 5.32 Å². The van der Waals surface area contributed by atoms with Crippen LogP contribution in [-0.4, -0.2) is 4.98 Å². The van der Waals surface area contributed by atoms with Crippen molar-refractivity contribution in [3.63, 3.8) is 0 Å². The molecular formula is C12H10BrClN2. The number of rotatable bonds is 3. The van der Waals surface area contributed by atoms with Crippen molar-refractivity contribution in [2.75, 3.05) is 5.32 Å². The van der Waals surface area contributed by atoms with E-state index in [9.17, 15) is 0 Å². The van der Waals surface area contributed by atoms with Crippen LogP contribution in [0.25, 0.3) is 0 Å². The number of aromatic nitrogens is 1. The van der Waals surface area contributed by atoms with E-state index in [1.54, 1.807) is 6.20 Å². The molecule has 0 bridgehead atoms. The molecule has 0 aliphatic carbocycles. The molecule has 1 N–H and O–H groups in total. The van der Waals surface area contributed by atoms with E-state index in [2.05, 4.69) is 26.2 Å². The maximum atomic E-state index is 6.03. The number of para-hydroxylation sites is 1. The second-order valence-corrected chi connectivity index (χ2v) is 4.62. The zero-order valence-corrected chi connectivity index (χ0v) is 10.8. The maximum Gasteiger partial charge on any atom is 0.0637 e. The Morgan fingerprint density at radius 3 is 2.69 bits per heavy atom. The summed E-state index contributed by atoms with van der Waals surface area (Å²) >= 11 is 9.37. The molecule has 2 nitrogen and oxygen atoms in total. The molecule has 16 heavy (non-hydrogen) atoms. The van der Waals surface area contributed by atoms with Gasteiger partial charge in [-0.25, -0.2) is 0 Å². The van der Waals surface area contributed by atoms with Gasteiger partial charge in [0.1, 0.15) is 0 Å². The molecule has 0 saturated heterocycles. The van der Waals surface area contributed by atoms with Crippen LogP contribution in [0, 0.1) is 0 Å². The molecule has 4 heteroatoms. The Kier molecular flexibility index (Phi) is 3.80. The summed E-state index contributed by atoms with van der Waals surface area (Å²) in [6, 6.07) is 11.6. The highest BCUT2D eigenvalue weighted by atomic mass is 79.9. The highest BCUT2D eigenvalue weighted by Gasteiger charge is 1.98. The fourth-order valence-corrected chi connectivity index (χ4v) is 1.74. The number of hydrogen-bond acceptors (Lipinski definition) is 2. The first-order chi connectivity index (χ1) is 7.75. The smallest absolute Gasteiger partial charge is 0.0637 e. The lowest BCUT2D eigenvalue weighted by Gasteiger charge is -2.07. The van der Waals surface area contributed by atoms with Gasteiger partial charge in [0, 0.05) is 10.7 Å². The summed E-state index contributed by atoms with van der Waals surface area (Å²) < 4.78 is 0.981. The Morgan fingerprint density at radius 1 is 1.19 bits per heavy atom. The minimum Gasteiger partial charge on any atom is -0.378 e. The average Bonchev–Trinajstić information content (AvgIpc) is 2.30. The molecule has 1 heterocycles. The van der Waals surface area contributed by atoms with E-state index < -0.39 is 0 Å². The minimum atomic E-state index is 0.664. The Bertz CT molecular complexity index is 471. The van der Waals surface area contributed by atoms with Crippen LogP contribution in [0.1, 0.15) is 5.69 Å². The Labute approximate surface area is 108 Å². The number of anilines is 1. The van der Waals surface area contributed by atoms with E-state index >= 15 is 0 Å². The van der Waals surface area contributed by atoms with Crippen molar-refractivity contribution in [2.24, 2.45) is 0 Å². The van der Waals surface area contributed by atoms with Gasteiger partial charge in [0.2, 0.25) is 0 Å². The van der Waals surface area contributed by atoms with Crippen LogP contribution in [0.4, 0.5) is 5.69 Å². The quantitative estimate of drug-likeness (QED) is 0.922. The molecule has 0 amide bonds. The SMILES string of the molecule is Clc1ccccc1NCc1ccc(Br)cn1. The Hall–Kier alpha value is -1.06. The van der Waals surface area contributed by atoms with Gasteiger partial charge in [0.05, 0.1) is 22.9 Å². The van der Waals surface area contributed by atoms with Crippen molar-refractivity contribution < 1.29 is 0 Å². The third-order valence-corrected chi connectivity index (χ3v) is 2.92. The fourth-order valence-electron chi connectivity index (χ4n) is 1.30. The van der Waals surface area contributed by atoms with Crippen LogP contribution in [-0.2, 0) is 6.54 Å². The van der Waals surface area contributed by atoms with Crippen LogP contribution in [0.3, 0.4) is 0 Å². The van der Waals surface area contributed by atoms with Gasteiger partial charge in [-0.15, -0.1) is 0 Å². The molecular weight excluding hydrogens is 288 g/mol. The third-order valence-electron chi connectivity index (χ3n) is 2.12. The predicted molar refractivity (Wildman–Crippen MR) is 70.7 cm³/mol. The van der Waals surface area contributed by atoms with E-state index in [-0.39, 0.29) is 0 Å². The Balaban J connectivity index is 2.02. The summed E-state index contributed by atoms with van der Waals surface area (Å²) in [7, 11) is 0. The van der Waals surface area contributed by atoms with Crippen LogP contribution >= 0.6 is 27.5 Å². The van der Waals surface area contributed by atoms with E-state index in [1.165, 1.54) is 0 Å². The number of nitrogens with zero attached hydrogens (tertiary/aromatic N) is 1. The summed E-state index contributed by atoms with van der Waals surface area (Å²) in [6.45, 7) is 0.664. The van der Waals surface area contributed by atoms with Gasteiger partial charge in [-0.05, 0) is 40.2 Å². The number of pyridine rings is 1. The zero-order chi connectivity index (χ0) is 11.4. The summed E-state index contributed by atoms with van der Waals surface area (Å²) in [4.78, 5) is 4.27. The largest absolute Gasteiger partial charge is 0.378 e. The molecule has 2 aromatic rings. The van der Waals surface area contributed by atoms with Crippen molar-refractivity contribution in [2.45, 2.75) is 6.54 Å². The van der Waals surface area contributed by atoms with Crippen LogP contribution in [0.5, 0.6) is 0 Å². The monoisotopic (exact) mass is 296 g/mol. The molecule has 0 saturated carbocycles. The van der Waals surface area contributed by atoms with Crippen molar-refractivity contribution in [3.05, 3.63) is 57.8 Å². The number of benzene rings is 1. The first kappa shape index (κ1) is 11.4. The molecule has 0 unspecified atom stereocenters. The minimum absolute atomic E-state index is 0.664. The van der Waals surface area contributed by atoms with Crippen molar-refractivity contribution in [1.82, 2.24) is 4.98 Å². The fraction of sp³-hybridized carbons (Fsp3) is 0.0833. The van der Waals surface area contributed by atoms with Crippen molar-refractivity contribution >= 4 is 33.2 Å². The first-order valence-corrected chi connectivity index (χ1v) is 6.01. The molecule has 1 aromatic carbocycles. The predicted octanol–water partition coefficient (Wildman–Crippen LogP) is 4.11. The standard InChI is InChI=1S/C12H10BrClN2/c13-9-5-6-10(15-7-9)8-16-12-4-2-1-3-11(12)14/h1-7,16H,8H2. The summed E-state index contributed by atoms with van der Waals surface area (Å²) in [5.74, 6) is 0. The lowest BCUT2D eigenvalue weighted by molar-refractivity contribution is 1.04. The lowest BCUT2D eigenvalue weighted by atomic mass is 10.3. The molecule has 0 radical (unpaired) electrons. The van der Waals surface area contributed by atoms with Crippen LogP contribution in [0.15, 0.2) is 47.1 Å². The van der Waals surface area contributed by atoms with Crippen LogP contribution < -0.4 is 5.32 Å². The molecule has 1 aromatic heterocycles. The van der Waals surface area contributed by atoms with Gasteiger partial charge in [0.25, 0.3) is 0 Å². The van der Waals surface area contributed by atoms with Crippen molar-refractivity contribution in [3.8, 4) is 0 Å². The summed E-state index contributed by atoms with van der Waals surface area (Å²) in [5, 5.41) is 3.96. The van der Waals surface area contributed by atoms with E-state index in [0.29, 0.717) is 6.54 Å². The van der Waals surface area contributed by atoms with Crippen LogP contribution in [0.2, 0.25) is 5.02 Å². The number of hydrogen-bond donors (Lipinski definition) is 1. The number of nitrogens with one attached hydrogen (secondary N) is 1. The Morgan fingerprint density at radius 2 is 2.00 bits per heavy atom. The molecule has 0 atom stereocenters. The molecule has 0 fully saturated rings. The lowest BCUT2D eigenvalue weighted by Crippen LogP contribution is -2.01. The molecule has 82 valence electrons. The normalized spacial score (nSPS) is 10.1. The molecule has 0 aliphatic heterocycles. The summed E-state index contributed by atoms with van der Waals surface area (Å²) in [6.07, 6.45) is 1.78. The van der Waals surface area contributed by atoms with Gasteiger partial charge >= 0.3 is 0 Å². The highest BCUT2D eigenvalue weighted by Crippen LogP contribution is 2.20. The maximum absolute atomic E-state index is 6.03. The van der Waals surface area contributed by atoms with Gasteiger partial charge in [-0.1, -0.05) is 23.7 Å². The van der Waals surface area contributed by atoms with Gasteiger partial charge in [0.15, 0.2) is 0 Å². The molecule has 0 aliphatic rings. The zero-order valence-electron chi connectivity index (χ0n) is 8.45. The highest BCUT2D eigenvalue weighted by molar-refractivity contribution is 9.10. The van der Waals surface area contributed by atoms with E-state index in [1.807, 2.05) is 36.4 Å². The second-order valence-electron chi connectivity index (χ2n) is 3.30. The number of halogens is 2. The van der Waals surface area contributed by atoms with Gasteiger partial charge in [-0.3, -0.25) is 4.98 Å².